The Kier molecular flexibility index (Phi) is 4.43. The molecule has 0 amide bonds. The highest BCUT2D eigenvalue weighted by Crippen LogP contribution is 2.61. The lowest BCUT2D eigenvalue weighted by atomic mass is 9.63. The van der Waals surface area contributed by atoms with Gasteiger partial charge in [-0.3, -0.25) is 0 Å². The van der Waals surface area contributed by atoms with Crippen molar-refractivity contribution < 1.29 is 0 Å². The van der Waals surface area contributed by atoms with Crippen LogP contribution in [0.5, 0.6) is 0 Å². The lowest BCUT2D eigenvalue weighted by Gasteiger charge is -2.27. The number of nitrogens with zero attached hydrogens (tertiary/aromatic N) is 4. The predicted octanol–water partition coefficient (Wildman–Crippen LogP) is 3.17. The second kappa shape index (κ2) is 6.31. The monoisotopic (exact) mass is 310 g/mol. The molecule has 4 nitrogen and oxygen atoms in total. The lowest BCUT2D eigenvalue weighted by Crippen LogP contribution is -2.39. The SMILES string of the molecule is C=CC1C(C)C(C#N)(C#N)C(C#N)(C#N)C1C#Cc1ccccc1. The zero-order valence-corrected chi connectivity index (χ0v) is 13.2. The minimum absolute atomic E-state index is 0.403. The van der Waals surface area contributed by atoms with Gasteiger partial charge in [0.05, 0.1) is 30.2 Å². The van der Waals surface area contributed by atoms with Crippen molar-refractivity contribution in [3.63, 3.8) is 0 Å². The van der Waals surface area contributed by atoms with Crippen molar-refractivity contribution in [3.8, 4) is 36.1 Å². The zero-order valence-electron chi connectivity index (χ0n) is 13.2. The number of nitriles is 4. The Hall–Kier alpha value is -3.52. The Bertz CT molecular complexity index is 847. The van der Waals surface area contributed by atoms with E-state index in [-0.39, 0.29) is 0 Å². The molecule has 0 saturated heterocycles. The van der Waals surface area contributed by atoms with Gasteiger partial charge in [-0.15, -0.1) is 6.58 Å². The highest BCUT2D eigenvalue weighted by Gasteiger charge is 2.70. The van der Waals surface area contributed by atoms with E-state index in [1.54, 1.807) is 13.0 Å². The van der Waals surface area contributed by atoms with Gasteiger partial charge in [0.2, 0.25) is 0 Å². The molecular formula is C20H14N4. The van der Waals surface area contributed by atoms with Crippen molar-refractivity contribution >= 4 is 0 Å². The van der Waals surface area contributed by atoms with E-state index >= 15 is 0 Å². The summed E-state index contributed by atoms with van der Waals surface area (Å²) >= 11 is 0. The van der Waals surface area contributed by atoms with Gasteiger partial charge in [0.15, 0.2) is 10.8 Å². The minimum atomic E-state index is -1.82. The molecule has 1 fully saturated rings. The van der Waals surface area contributed by atoms with Gasteiger partial charge in [-0.1, -0.05) is 43.0 Å². The van der Waals surface area contributed by atoms with E-state index in [1.165, 1.54) is 0 Å². The van der Waals surface area contributed by atoms with Crippen molar-refractivity contribution in [2.24, 2.45) is 28.6 Å². The molecule has 1 aliphatic carbocycles. The molecule has 0 heterocycles. The summed E-state index contributed by atoms with van der Waals surface area (Å²) in [4.78, 5) is 0. The van der Waals surface area contributed by atoms with Crippen LogP contribution in [0.15, 0.2) is 43.0 Å². The second-order valence-electron chi connectivity index (χ2n) is 5.78. The molecule has 0 radical (unpaired) electrons. The normalized spacial score (nSPS) is 25.6. The maximum Gasteiger partial charge on any atom is 0.189 e. The van der Waals surface area contributed by atoms with E-state index in [0.717, 1.165) is 5.56 Å². The Labute approximate surface area is 141 Å². The molecule has 4 heteroatoms. The molecule has 24 heavy (non-hydrogen) atoms. The minimum Gasteiger partial charge on any atom is -0.196 e. The predicted molar refractivity (Wildman–Crippen MR) is 87.0 cm³/mol. The average Bonchev–Trinajstić information content (AvgIpc) is 2.84. The van der Waals surface area contributed by atoms with Crippen LogP contribution in [0.4, 0.5) is 0 Å². The molecule has 1 aromatic rings. The summed E-state index contributed by atoms with van der Waals surface area (Å²) in [6, 6.07) is 16.9. The first-order chi connectivity index (χ1) is 11.6. The molecule has 1 saturated carbocycles. The topological polar surface area (TPSA) is 95.2 Å². The second-order valence-corrected chi connectivity index (χ2v) is 5.78. The summed E-state index contributed by atoms with van der Waals surface area (Å²) in [6.07, 6.45) is 1.59. The van der Waals surface area contributed by atoms with E-state index in [9.17, 15) is 21.0 Å². The zero-order chi connectivity index (χ0) is 17.8. The maximum atomic E-state index is 9.74. The van der Waals surface area contributed by atoms with Crippen molar-refractivity contribution in [2.45, 2.75) is 6.92 Å². The molecule has 1 aromatic carbocycles. The highest BCUT2D eigenvalue weighted by molar-refractivity contribution is 5.46. The van der Waals surface area contributed by atoms with E-state index in [0.29, 0.717) is 0 Å². The molecule has 0 N–H and O–H groups in total. The first-order valence-corrected chi connectivity index (χ1v) is 7.41. The van der Waals surface area contributed by atoms with E-state index in [1.807, 2.05) is 54.6 Å². The van der Waals surface area contributed by atoms with Crippen LogP contribution in [-0.4, -0.2) is 0 Å². The van der Waals surface area contributed by atoms with Gasteiger partial charge in [-0.05, 0) is 24.0 Å². The van der Waals surface area contributed by atoms with E-state index in [2.05, 4.69) is 18.4 Å². The molecular weight excluding hydrogens is 296 g/mol. The summed E-state index contributed by atoms with van der Waals surface area (Å²) in [5, 5.41) is 38.8. The number of rotatable bonds is 1. The summed E-state index contributed by atoms with van der Waals surface area (Å²) in [5.41, 5.74) is -2.83. The van der Waals surface area contributed by atoms with E-state index < -0.39 is 28.6 Å². The van der Waals surface area contributed by atoms with Crippen molar-refractivity contribution in [1.82, 2.24) is 0 Å². The van der Waals surface area contributed by atoms with Crippen LogP contribution in [0.3, 0.4) is 0 Å². The van der Waals surface area contributed by atoms with Crippen LogP contribution in [0.1, 0.15) is 12.5 Å². The van der Waals surface area contributed by atoms with E-state index in [4.69, 9.17) is 0 Å². The van der Waals surface area contributed by atoms with Gasteiger partial charge in [0, 0.05) is 5.56 Å². The molecule has 1 aliphatic rings. The molecule has 0 aromatic heterocycles. The van der Waals surface area contributed by atoms with Gasteiger partial charge in [-0.2, -0.15) is 21.0 Å². The molecule has 0 aliphatic heterocycles. The van der Waals surface area contributed by atoms with Crippen LogP contribution in [0.25, 0.3) is 0 Å². The Balaban J connectivity index is 2.70. The number of allylic oxidation sites excluding steroid dienone is 1. The van der Waals surface area contributed by atoms with Crippen LogP contribution in [0, 0.1) is 85.7 Å². The first kappa shape index (κ1) is 16.8. The molecule has 3 atom stereocenters. The Morgan fingerprint density at radius 1 is 0.958 bits per heavy atom. The van der Waals surface area contributed by atoms with Gasteiger partial charge in [0.1, 0.15) is 0 Å². The highest BCUT2D eigenvalue weighted by atomic mass is 14.7. The van der Waals surface area contributed by atoms with Crippen molar-refractivity contribution in [3.05, 3.63) is 48.6 Å². The van der Waals surface area contributed by atoms with Crippen LogP contribution in [0.2, 0.25) is 0 Å². The van der Waals surface area contributed by atoms with Crippen LogP contribution < -0.4 is 0 Å². The fourth-order valence-electron chi connectivity index (χ4n) is 3.44. The van der Waals surface area contributed by atoms with Crippen LogP contribution in [-0.2, 0) is 0 Å². The third-order valence-corrected chi connectivity index (χ3v) is 4.86. The number of hydrogen-bond acceptors (Lipinski definition) is 4. The van der Waals surface area contributed by atoms with Crippen LogP contribution >= 0.6 is 0 Å². The van der Waals surface area contributed by atoms with Gasteiger partial charge in [-0.25, -0.2) is 0 Å². The smallest absolute Gasteiger partial charge is 0.189 e. The summed E-state index contributed by atoms with van der Waals surface area (Å²) in [6.45, 7) is 5.46. The maximum absolute atomic E-state index is 9.74. The lowest BCUT2D eigenvalue weighted by molar-refractivity contribution is 0.277. The fraction of sp³-hybridized carbons (Fsp3) is 0.300. The van der Waals surface area contributed by atoms with Gasteiger partial charge >= 0.3 is 0 Å². The Morgan fingerprint density at radius 3 is 1.96 bits per heavy atom. The third kappa shape index (κ3) is 2.05. The quantitative estimate of drug-likeness (QED) is 0.588. The standard InChI is InChI=1S/C20H14N4/c1-3-17-15(2)19(11-21,12-22)20(13-23,14-24)18(17)10-9-16-7-5-4-6-8-16/h3-8,15,17-18H,1H2,2H3. The third-order valence-electron chi connectivity index (χ3n) is 4.86. The largest absolute Gasteiger partial charge is 0.196 e. The number of hydrogen-bond donors (Lipinski definition) is 0. The number of benzene rings is 1. The molecule has 2 rings (SSSR count). The van der Waals surface area contributed by atoms with Gasteiger partial charge in [0.25, 0.3) is 0 Å². The summed E-state index contributed by atoms with van der Waals surface area (Å²) in [5.74, 6) is 4.24. The first-order valence-electron chi connectivity index (χ1n) is 7.41. The summed E-state index contributed by atoms with van der Waals surface area (Å²) in [7, 11) is 0. The Morgan fingerprint density at radius 2 is 1.50 bits per heavy atom. The van der Waals surface area contributed by atoms with Crippen molar-refractivity contribution in [2.75, 3.05) is 0 Å². The summed E-state index contributed by atoms with van der Waals surface area (Å²) < 4.78 is 0. The molecule has 3 unspecified atom stereocenters. The fourth-order valence-corrected chi connectivity index (χ4v) is 3.44. The average molecular weight is 310 g/mol. The molecule has 0 bridgehead atoms. The van der Waals surface area contributed by atoms with Gasteiger partial charge < -0.3 is 0 Å². The van der Waals surface area contributed by atoms with Crippen molar-refractivity contribution in [1.29, 1.82) is 21.0 Å². The molecule has 0 spiro atoms. The molecule has 114 valence electrons.